The van der Waals surface area contributed by atoms with Gasteiger partial charge in [0.05, 0.1) is 29.9 Å². The number of phenols is 1. The van der Waals surface area contributed by atoms with Crippen molar-refractivity contribution in [2.75, 3.05) is 13.7 Å². The summed E-state index contributed by atoms with van der Waals surface area (Å²) in [4.78, 5) is 21.9. The van der Waals surface area contributed by atoms with Crippen molar-refractivity contribution in [1.29, 1.82) is 5.26 Å². The third kappa shape index (κ3) is 5.17. The maximum absolute atomic E-state index is 11.7. The molecular weight excluding hydrogens is 356 g/mol. The van der Waals surface area contributed by atoms with E-state index in [1.54, 1.807) is 24.3 Å². The van der Waals surface area contributed by atoms with Crippen molar-refractivity contribution in [1.82, 2.24) is 5.43 Å². The summed E-state index contributed by atoms with van der Waals surface area (Å²) in [5.41, 5.74) is 2.36. The first-order valence-electron chi connectivity index (χ1n) is 7.45. The molecule has 27 heavy (non-hydrogen) atoms. The Bertz CT molecular complexity index is 918. The SMILES string of the molecule is COc1cc(/C=N\NC(=O)COc2ccc(C#N)cc2)cc([N+](=O)[O-])c1O. The molecule has 0 heterocycles. The van der Waals surface area contributed by atoms with Crippen LogP contribution in [0.25, 0.3) is 0 Å². The van der Waals surface area contributed by atoms with Crippen LogP contribution in [-0.2, 0) is 4.79 Å². The molecular formula is C17H14N4O6. The second-order valence-corrected chi connectivity index (χ2v) is 5.07. The maximum Gasteiger partial charge on any atom is 0.315 e. The molecule has 0 aliphatic rings. The minimum atomic E-state index is -0.765. The first kappa shape index (κ1) is 19.2. The third-order valence-electron chi connectivity index (χ3n) is 3.25. The van der Waals surface area contributed by atoms with Gasteiger partial charge in [0.1, 0.15) is 5.75 Å². The van der Waals surface area contributed by atoms with E-state index in [1.165, 1.54) is 13.2 Å². The van der Waals surface area contributed by atoms with Crippen LogP contribution in [0.5, 0.6) is 17.2 Å². The van der Waals surface area contributed by atoms with E-state index >= 15 is 0 Å². The van der Waals surface area contributed by atoms with Crippen molar-refractivity contribution in [3.05, 3.63) is 57.6 Å². The van der Waals surface area contributed by atoms with Gasteiger partial charge in [-0.15, -0.1) is 0 Å². The van der Waals surface area contributed by atoms with E-state index < -0.39 is 22.3 Å². The molecule has 0 saturated heterocycles. The summed E-state index contributed by atoms with van der Waals surface area (Å²) in [6, 6.07) is 10.6. The van der Waals surface area contributed by atoms with Crippen molar-refractivity contribution in [2.45, 2.75) is 0 Å². The van der Waals surface area contributed by atoms with Crippen molar-refractivity contribution >= 4 is 17.8 Å². The number of carbonyl (C=O) groups excluding carboxylic acids is 1. The second-order valence-electron chi connectivity index (χ2n) is 5.07. The lowest BCUT2D eigenvalue weighted by Gasteiger charge is -2.06. The normalized spacial score (nSPS) is 10.2. The number of nitro groups is 1. The number of nitrogens with zero attached hydrogens (tertiary/aromatic N) is 3. The Kier molecular flexibility index (Phi) is 6.27. The number of hydrogen-bond donors (Lipinski definition) is 2. The Hall–Kier alpha value is -4.13. The van der Waals surface area contributed by atoms with Crippen LogP contribution in [0.2, 0.25) is 0 Å². The van der Waals surface area contributed by atoms with Crippen LogP contribution in [0.3, 0.4) is 0 Å². The molecule has 1 amide bonds. The minimum absolute atomic E-state index is 0.0962. The van der Waals surface area contributed by atoms with E-state index in [0.717, 1.165) is 12.3 Å². The van der Waals surface area contributed by atoms with Crippen LogP contribution in [0, 0.1) is 21.4 Å². The quantitative estimate of drug-likeness (QED) is 0.428. The number of nitriles is 1. The Balaban J connectivity index is 1.96. The van der Waals surface area contributed by atoms with Crippen LogP contribution in [0.4, 0.5) is 5.69 Å². The summed E-state index contributed by atoms with van der Waals surface area (Å²) >= 11 is 0. The Morgan fingerprint density at radius 3 is 2.70 bits per heavy atom. The smallest absolute Gasteiger partial charge is 0.315 e. The molecule has 10 heteroatoms. The van der Waals surface area contributed by atoms with Crippen LogP contribution in [0.1, 0.15) is 11.1 Å². The molecule has 2 aromatic carbocycles. The van der Waals surface area contributed by atoms with E-state index in [2.05, 4.69) is 10.5 Å². The van der Waals surface area contributed by atoms with E-state index in [1.807, 2.05) is 6.07 Å². The highest BCUT2D eigenvalue weighted by molar-refractivity contribution is 5.85. The average Bonchev–Trinajstić information content (AvgIpc) is 2.67. The van der Waals surface area contributed by atoms with Gasteiger partial charge in [0.15, 0.2) is 12.4 Å². The highest BCUT2D eigenvalue weighted by Gasteiger charge is 2.19. The molecule has 0 aliphatic carbocycles. The molecule has 2 rings (SSSR count). The zero-order valence-corrected chi connectivity index (χ0v) is 14.1. The number of carbonyl (C=O) groups is 1. The van der Waals surface area contributed by atoms with Crippen LogP contribution >= 0.6 is 0 Å². The zero-order chi connectivity index (χ0) is 19.8. The maximum atomic E-state index is 11.7. The Morgan fingerprint density at radius 2 is 2.11 bits per heavy atom. The number of benzene rings is 2. The van der Waals surface area contributed by atoms with E-state index in [4.69, 9.17) is 14.7 Å². The second kappa shape index (κ2) is 8.82. The molecule has 138 valence electrons. The number of rotatable bonds is 7. The van der Waals surface area contributed by atoms with Gasteiger partial charge < -0.3 is 14.6 Å². The van der Waals surface area contributed by atoms with Gasteiger partial charge in [-0.1, -0.05) is 0 Å². The number of nitro benzene ring substituents is 1. The van der Waals surface area contributed by atoms with Gasteiger partial charge in [-0.2, -0.15) is 10.4 Å². The van der Waals surface area contributed by atoms with Gasteiger partial charge in [0, 0.05) is 11.6 Å². The summed E-state index contributed by atoms with van der Waals surface area (Å²) in [6.07, 6.45) is 1.16. The molecule has 0 radical (unpaired) electrons. The standard InChI is InChI=1S/C17H14N4O6/c1-26-15-7-12(6-14(17(15)23)21(24)25)9-19-20-16(22)10-27-13-4-2-11(8-18)3-5-13/h2-7,9,23H,10H2,1H3,(H,20,22)/b19-9-. The molecule has 0 atom stereocenters. The number of nitrogens with one attached hydrogen (secondary N) is 1. The van der Waals surface area contributed by atoms with E-state index in [-0.39, 0.29) is 17.9 Å². The fraction of sp³-hybridized carbons (Fsp3) is 0.118. The molecule has 0 fully saturated rings. The molecule has 0 saturated carbocycles. The largest absolute Gasteiger partial charge is 0.500 e. The number of amides is 1. The van der Waals surface area contributed by atoms with E-state index in [9.17, 15) is 20.0 Å². The van der Waals surface area contributed by atoms with Crippen LogP contribution in [-0.4, -0.2) is 35.9 Å². The number of phenolic OH excluding ortho intramolecular Hbond substituents is 1. The molecule has 10 nitrogen and oxygen atoms in total. The molecule has 0 aromatic heterocycles. The van der Waals surface area contributed by atoms with Crippen LogP contribution < -0.4 is 14.9 Å². The minimum Gasteiger partial charge on any atom is -0.500 e. The third-order valence-corrected chi connectivity index (χ3v) is 3.25. The topological polar surface area (TPSA) is 147 Å². The Labute approximate surface area is 153 Å². The number of methoxy groups -OCH3 is 1. The van der Waals surface area contributed by atoms with Gasteiger partial charge in [0.2, 0.25) is 5.75 Å². The predicted molar refractivity (Wildman–Crippen MR) is 93.7 cm³/mol. The highest BCUT2D eigenvalue weighted by atomic mass is 16.6. The molecule has 0 aliphatic heterocycles. The number of hydrazone groups is 1. The first-order chi connectivity index (χ1) is 12.9. The van der Waals surface area contributed by atoms with Crippen molar-refractivity contribution in [3.63, 3.8) is 0 Å². The highest BCUT2D eigenvalue weighted by Crippen LogP contribution is 2.36. The summed E-state index contributed by atoms with van der Waals surface area (Å²) in [5, 5.41) is 33.0. The summed E-state index contributed by atoms with van der Waals surface area (Å²) in [5.74, 6) is -0.844. The fourth-order valence-corrected chi connectivity index (χ4v) is 1.97. The molecule has 2 aromatic rings. The van der Waals surface area contributed by atoms with Gasteiger partial charge in [-0.05, 0) is 30.3 Å². The summed E-state index contributed by atoms with van der Waals surface area (Å²) < 4.78 is 10.1. The Morgan fingerprint density at radius 1 is 1.41 bits per heavy atom. The van der Waals surface area contributed by atoms with Crippen LogP contribution in [0.15, 0.2) is 41.5 Å². The molecule has 0 spiro atoms. The lowest BCUT2D eigenvalue weighted by atomic mass is 10.2. The van der Waals surface area contributed by atoms with Gasteiger partial charge >= 0.3 is 5.69 Å². The van der Waals surface area contributed by atoms with Crippen molar-refractivity contribution in [2.24, 2.45) is 5.10 Å². The van der Waals surface area contributed by atoms with Gasteiger partial charge in [0.25, 0.3) is 5.91 Å². The average molecular weight is 370 g/mol. The monoisotopic (exact) mass is 370 g/mol. The predicted octanol–water partition coefficient (Wildman–Crippen LogP) is 1.71. The zero-order valence-electron chi connectivity index (χ0n) is 14.1. The summed E-state index contributed by atoms with van der Waals surface area (Å²) in [7, 11) is 1.25. The lowest BCUT2D eigenvalue weighted by Crippen LogP contribution is -2.24. The number of hydrogen-bond acceptors (Lipinski definition) is 8. The fourth-order valence-electron chi connectivity index (χ4n) is 1.97. The van der Waals surface area contributed by atoms with Gasteiger partial charge in [-0.3, -0.25) is 14.9 Å². The van der Waals surface area contributed by atoms with Crippen molar-refractivity contribution < 1.29 is 24.3 Å². The molecule has 0 unspecified atom stereocenters. The summed E-state index contributed by atoms with van der Waals surface area (Å²) in [6.45, 7) is -0.317. The lowest BCUT2D eigenvalue weighted by molar-refractivity contribution is -0.386. The van der Waals surface area contributed by atoms with Crippen molar-refractivity contribution in [3.8, 4) is 23.3 Å². The van der Waals surface area contributed by atoms with Gasteiger partial charge in [-0.25, -0.2) is 5.43 Å². The molecule has 2 N–H and O–H groups in total. The number of aromatic hydroxyl groups is 1. The van der Waals surface area contributed by atoms with E-state index in [0.29, 0.717) is 11.3 Å². The number of ether oxygens (including phenoxy) is 2. The first-order valence-corrected chi connectivity index (χ1v) is 7.45. The molecule has 0 bridgehead atoms.